The van der Waals surface area contributed by atoms with Gasteiger partial charge in [0.1, 0.15) is 0 Å². The van der Waals surface area contributed by atoms with Crippen LogP contribution in [-0.2, 0) is 14.3 Å². The fourth-order valence-corrected chi connectivity index (χ4v) is 2.29. The maximum absolute atomic E-state index is 11.9. The highest BCUT2D eigenvalue weighted by Gasteiger charge is 2.15. The Labute approximate surface area is 125 Å². The van der Waals surface area contributed by atoms with Crippen LogP contribution < -0.4 is 11.1 Å². The summed E-state index contributed by atoms with van der Waals surface area (Å²) in [5, 5.41) is 2.89. The number of amides is 1. The third kappa shape index (κ3) is 5.36. The number of carbonyl (C=O) groups is 1. The number of benzene rings is 1. The van der Waals surface area contributed by atoms with Crippen molar-refractivity contribution in [1.82, 2.24) is 0 Å². The Morgan fingerprint density at radius 2 is 2.38 bits per heavy atom. The monoisotopic (exact) mass is 292 g/mol. The molecule has 1 saturated heterocycles. The van der Waals surface area contributed by atoms with E-state index in [0.29, 0.717) is 24.6 Å². The number of hydrogen-bond donors (Lipinski definition) is 2. The summed E-state index contributed by atoms with van der Waals surface area (Å²) in [5.74, 6) is 0.519. The van der Waals surface area contributed by atoms with Gasteiger partial charge >= 0.3 is 0 Å². The maximum atomic E-state index is 11.9. The largest absolute Gasteiger partial charge is 0.399 e. The molecule has 5 heteroatoms. The van der Waals surface area contributed by atoms with Gasteiger partial charge in [-0.05, 0) is 37.5 Å². The summed E-state index contributed by atoms with van der Waals surface area (Å²) in [5.41, 5.74) is 8.16. The molecule has 5 nitrogen and oxygen atoms in total. The summed E-state index contributed by atoms with van der Waals surface area (Å²) in [6.07, 6.45) is 2.26. The molecule has 0 spiro atoms. The highest BCUT2D eigenvalue weighted by Crippen LogP contribution is 2.18. The topological polar surface area (TPSA) is 73.6 Å². The van der Waals surface area contributed by atoms with Crippen LogP contribution in [0, 0.1) is 12.8 Å². The van der Waals surface area contributed by atoms with Crippen LogP contribution in [0.1, 0.15) is 24.8 Å². The lowest BCUT2D eigenvalue weighted by atomic mass is 10.1. The van der Waals surface area contributed by atoms with E-state index >= 15 is 0 Å². The lowest BCUT2D eigenvalue weighted by Crippen LogP contribution is -2.14. The lowest BCUT2D eigenvalue weighted by molar-refractivity contribution is -0.116. The van der Waals surface area contributed by atoms with Gasteiger partial charge in [0, 0.05) is 36.9 Å². The van der Waals surface area contributed by atoms with E-state index in [1.165, 1.54) is 0 Å². The molecule has 1 atom stereocenters. The summed E-state index contributed by atoms with van der Waals surface area (Å²) in [7, 11) is 0. The number of carbonyl (C=O) groups excluding carboxylic acids is 1. The van der Waals surface area contributed by atoms with Crippen molar-refractivity contribution in [2.45, 2.75) is 26.2 Å². The molecule has 116 valence electrons. The molecule has 1 fully saturated rings. The number of nitrogens with one attached hydrogen (secondary N) is 1. The van der Waals surface area contributed by atoms with Crippen LogP contribution in [0.3, 0.4) is 0 Å². The zero-order valence-electron chi connectivity index (χ0n) is 12.6. The van der Waals surface area contributed by atoms with Crippen LogP contribution in [0.15, 0.2) is 18.2 Å². The van der Waals surface area contributed by atoms with E-state index in [1.54, 1.807) is 6.07 Å². The first-order valence-corrected chi connectivity index (χ1v) is 7.46. The van der Waals surface area contributed by atoms with Crippen LogP contribution in [-0.4, -0.2) is 32.3 Å². The number of nitrogen functional groups attached to an aromatic ring is 1. The lowest BCUT2D eigenvalue weighted by Gasteiger charge is -2.10. The smallest absolute Gasteiger partial charge is 0.224 e. The Kier molecular flexibility index (Phi) is 6.02. The van der Waals surface area contributed by atoms with Crippen molar-refractivity contribution in [3.63, 3.8) is 0 Å². The number of hydrogen-bond acceptors (Lipinski definition) is 4. The van der Waals surface area contributed by atoms with Gasteiger partial charge < -0.3 is 20.5 Å². The van der Waals surface area contributed by atoms with Gasteiger partial charge in [-0.25, -0.2) is 0 Å². The SMILES string of the molecule is Cc1ccc(N)cc1NC(=O)CCCOCC1CCOC1. The van der Waals surface area contributed by atoms with Gasteiger partial charge in [-0.3, -0.25) is 4.79 Å². The third-order valence-corrected chi connectivity index (χ3v) is 3.61. The predicted molar refractivity (Wildman–Crippen MR) is 83.2 cm³/mol. The van der Waals surface area contributed by atoms with Crippen LogP contribution in [0.4, 0.5) is 11.4 Å². The average Bonchev–Trinajstić information content (AvgIpc) is 2.96. The number of nitrogens with two attached hydrogens (primary N) is 1. The van der Waals surface area contributed by atoms with E-state index in [2.05, 4.69) is 5.32 Å². The van der Waals surface area contributed by atoms with Gasteiger partial charge in [0.05, 0.1) is 13.2 Å². The summed E-state index contributed by atoms with van der Waals surface area (Å²) >= 11 is 0. The fraction of sp³-hybridized carbons (Fsp3) is 0.562. The first-order valence-electron chi connectivity index (χ1n) is 7.46. The quantitative estimate of drug-likeness (QED) is 0.597. The van der Waals surface area contributed by atoms with Gasteiger partial charge in [0.25, 0.3) is 0 Å². The zero-order chi connectivity index (χ0) is 15.1. The van der Waals surface area contributed by atoms with E-state index in [9.17, 15) is 4.79 Å². The molecule has 0 aliphatic carbocycles. The Bertz CT molecular complexity index is 471. The number of ether oxygens (including phenoxy) is 2. The Hall–Kier alpha value is -1.59. The molecular weight excluding hydrogens is 268 g/mol. The van der Waals surface area contributed by atoms with E-state index in [1.807, 2.05) is 19.1 Å². The Balaban J connectivity index is 1.62. The minimum absolute atomic E-state index is 0.00324. The van der Waals surface area contributed by atoms with Gasteiger partial charge in [-0.2, -0.15) is 0 Å². The van der Waals surface area contributed by atoms with Crippen molar-refractivity contribution in [1.29, 1.82) is 0 Å². The average molecular weight is 292 g/mol. The van der Waals surface area contributed by atoms with Crippen LogP contribution in [0.5, 0.6) is 0 Å². The van der Waals surface area contributed by atoms with Gasteiger partial charge in [-0.1, -0.05) is 6.07 Å². The first kappa shape index (κ1) is 15.8. The second-order valence-corrected chi connectivity index (χ2v) is 5.53. The Morgan fingerprint density at radius 3 is 3.14 bits per heavy atom. The molecule has 1 aliphatic rings. The van der Waals surface area contributed by atoms with E-state index < -0.39 is 0 Å². The highest BCUT2D eigenvalue weighted by atomic mass is 16.5. The van der Waals surface area contributed by atoms with E-state index in [-0.39, 0.29) is 5.91 Å². The molecule has 1 aliphatic heterocycles. The number of rotatable bonds is 7. The van der Waals surface area contributed by atoms with Crippen molar-refractivity contribution in [2.75, 3.05) is 37.5 Å². The van der Waals surface area contributed by atoms with Crippen molar-refractivity contribution in [2.24, 2.45) is 5.92 Å². The highest BCUT2D eigenvalue weighted by molar-refractivity contribution is 5.91. The second kappa shape index (κ2) is 8.00. The normalized spacial score (nSPS) is 17.9. The van der Waals surface area contributed by atoms with E-state index in [0.717, 1.165) is 43.9 Å². The maximum Gasteiger partial charge on any atom is 0.224 e. The van der Waals surface area contributed by atoms with Crippen molar-refractivity contribution < 1.29 is 14.3 Å². The predicted octanol–water partition coefficient (Wildman–Crippen LogP) is 2.35. The molecule has 0 bridgehead atoms. The summed E-state index contributed by atoms with van der Waals surface area (Å²) in [6, 6.07) is 5.51. The fourth-order valence-electron chi connectivity index (χ4n) is 2.29. The second-order valence-electron chi connectivity index (χ2n) is 5.53. The molecule has 2 rings (SSSR count). The number of aryl methyl sites for hydroxylation is 1. The molecule has 1 unspecified atom stereocenters. The van der Waals surface area contributed by atoms with Crippen LogP contribution in [0.25, 0.3) is 0 Å². The minimum atomic E-state index is -0.00324. The molecule has 3 N–H and O–H groups in total. The molecule has 1 aromatic carbocycles. The standard InChI is InChI=1S/C16H24N2O3/c1-12-4-5-14(17)9-15(12)18-16(19)3-2-7-20-10-13-6-8-21-11-13/h4-5,9,13H,2-3,6-8,10-11,17H2,1H3,(H,18,19). The van der Waals surface area contributed by atoms with Crippen molar-refractivity contribution >= 4 is 17.3 Å². The molecule has 0 aromatic heterocycles. The third-order valence-electron chi connectivity index (χ3n) is 3.61. The van der Waals surface area contributed by atoms with Crippen molar-refractivity contribution in [3.8, 4) is 0 Å². The van der Waals surface area contributed by atoms with Crippen molar-refractivity contribution in [3.05, 3.63) is 23.8 Å². The van der Waals surface area contributed by atoms with Gasteiger partial charge in [0.15, 0.2) is 0 Å². The van der Waals surface area contributed by atoms with Crippen LogP contribution >= 0.6 is 0 Å². The summed E-state index contributed by atoms with van der Waals surface area (Å²) in [6.45, 7) is 4.93. The van der Waals surface area contributed by atoms with Gasteiger partial charge in [-0.15, -0.1) is 0 Å². The molecule has 21 heavy (non-hydrogen) atoms. The molecule has 1 aromatic rings. The molecular formula is C16H24N2O3. The number of anilines is 2. The minimum Gasteiger partial charge on any atom is -0.399 e. The van der Waals surface area contributed by atoms with Gasteiger partial charge in [0.2, 0.25) is 5.91 Å². The molecule has 1 amide bonds. The van der Waals surface area contributed by atoms with E-state index in [4.69, 9.17) is 15.2 Å². The summed E-state index contributed by atoms with van der Waals surface area (Å²) in [4.78, 5) is 11.9. The zero-order valence-corrected chi connectivity index (χ0v) is 12.6. The molecule has 0 saturated carbocycles. The first-order chi connectivity index (χ1) is 10.1. The molecule has 1 heterocycles. The molecule has 0 radical (unpaired) electrons. The Morgan fingerprint density at radius 1 is 1.52 bits per heavy atom. The van der Waals surface area contributed by atoms with Crippen LogP contribution in [0.2, 0.25) is 0 Å². The summed E-state index contributed by atoms with van der Waals surface area (Å²) < 4.78 is 10.9.